The minimum absolute atomic E-state index is 0.0117. The van der Waals surface area contributed by atoms with Gasteiger partial charge in [0.05, 0.1) is 85.1 Å². The Morgan fingerprint density at radius 1 is 0.542 bits per heavy atom. The van der Waals surface area contributed by atoms with Crippen LogP contribution in [0.1, 0.15) is 238 Å². The zero-order valence-electron chi connectivity index (χ0n) is 77.4. The molecule has 3 saturated heterocycles. The third kappa shape index (κ3) is 15.8. The molecule has 1 unspecified atom stereocenters. The first-order chi connectivity index (χ1) is 56.1. The normalized spacial score (nSPS) is 38.8. The number of carbonyl (C=O) groups excluding carboxylic acids is 2. The summed E-state index contributed by atoms with van der Waals surface area (Å²) in [6.07, 6.45) is 15.6. The number of esters is 2. The molecule has 11 aliphatic rings. The standard InChI is InChI=1S/C51H75NO7S.C38H56O5.C13H19NO2S/c1-33(2)35(4)47(8)26-27-49(10)38-22-23-41-48(9)31-57-32-51(41,39(38)24-25-50(49,11)43(47)45(53)59-29-36-16-14-13-15-17-36)28-40(56-12)44(48)58-30-42(46(5,6)7)52-60(54,55)37-20-18-34(3)19-21-37;1-24(2)25(3)34(4)18-19-36(6)27-14-15-30-35(5)22-42-23-38(30,20-29(41-8)32(35)39)28(27)16-17-37(36,7)31(34)33(40)43-21-26-12-10-9-11-13-26;1-10-5-7-11(8-6-10)17(15,16)14-9-12(14)13(2,3)4/h13-21,24,33,35,38,40-44,52H,22-23,25-32H2,1-12H3;9-13,16,24-25,27,29-32,39H,14-15,17-23H2,1-8H3;5-8,12H,9H2,1-4H3/t35-,38+,40-,41+,42-,43-,44+,47-,48-,49-,50+,51+;25-,27+,29-,30+,31-,32+,34-,35-,36-,37+,38+;12-,14?/m111/s1. The number of sulfonamides is 2. The summed E-state index contributed by atoms with van der Waals surface area (Å²) in [6, 6.07) is 33.9. The predicted octanol–water partition coefficient (Wildman–Crippen LogP) is 20.4. The second-order valence-electron chi connectivity index (χ2n) is 44.5. The highest BCUT2D eigenvalue weighted by atomic mass is 32.2. The largest absolute Gasteiger partial charge is 0.461 e. The van der Waals surface area contributed by atoms with Crippen molar-refractivity contribution in [3.8, 4) is 0 Å². The van der Waals surface area contributed by atoms with E-state index < -0.39 is 37.6 Å². The highest BCUT2D eigenvalue weighted by molar-refractivity contribution is 7.89. The van der Waals surface area contributed by atoms with E-state index in [1.165, 1.54) is 5.57 Å². The van der Waals surface area contributed by atoms with Crippen LogP contribution in [-0.2, 0) is 76.0 Å². The number of rotatable bonds is 20. The van der Waals surface area contributed by atoms with Crippen LogP contribution in [0, 0.1) is 138 Å². The van der Waals surface area contributed by atoms with Crippen molar-refractivity contribution in [1.29, 1.82) is 0 Å². The summed E-state index contributed by atoms with van der Waals surface area (Å²) in [6.45, 7) is 53.4. The van der Waals surface area contributed by atoms with Gasteiger partial charge < -0.3 is 38.3 Å². The van der Waals surface area contributed by atoms with Crippen molar-refractivity contribution in [3.05, 3.63) is 155 Å². The van der Waals surface area contributed by atoms with Crippen molar-refractivity contribution < 1.29 is 64.7 Å². The number of allylic oxidation sites excluding steroid dienone is 2. The van der Waals surface area contributed by atoms with Crippen molar-refractivity contribution in [3.63, 3.8) is 0 Å². The molecule has 9 fully saturated rings. The number of benzene rings is 4. The zero-order valence-corrected chi connectivity index (χ0v) is 79.1. The van der Waals surface area contributed by atoms with E-state index in [1.54, 1.807) is 48.4 Å². The summed E-state index contributed by atoms with van der Waals surface area (Å²) in [4.78, 5) is 30.0. The van der Waals surface area contributed by atoms with Gasteiger partial charge in [-0.05, 0) is 217 Å². The van der Waals surface area contributed by atoms with E-state index in [-0.39, 0.29) is 126 Å². The monoisotopic (exact) mass is 1690 g/mol. The maximum absolute atomic E-state index is 14.8. The van der Waals surface area contributed by atoms with Gasteiger partial charge in [-0.25, -0.2) is 21.6 Å². The Morgan fingerprint density at radius 3 is 1.37 bits per heavy atom. The zero-order chi connectivity index (χ0) is 87.5. The number of fused-ring (bicyclic) bond motifs is 6. The molecule has 6 saturated carbocycles. The molecule has 18 heteroatoms. The molecule has 4 aromatic carbocycles. The Bertz CT molecular complexity index is 4620. The van der Waals surface area contributed by atoms with Crippen LogP contribution in [0.2, 0.25) is 0 Å². The molecule has 4 aromatic rings. The second-order valence-corrected chi connectivity index (χ2v) is 48.1. The minimum Gasteiger partial charge on any atom is -0.461 e. The molecule has 0 radical (unpaired) electrons. The van der Waals surface area contributed by atoms with E-state index >= 15 is 0 Å². The first-order valence-corrected chi connectivity index (χ1v) is 48.5. The fourth-order valence-corrected chi connectivity index (χ4v) is 30.2. The number of nitrogens with one attached hydrogen (secondary N) is 1. The van der Waals surface area contributed by atoms with Gasteiger partial charge in [-0.1, -0.05) is 258 Å². The lowest BCUT2D eigenvalue weighted by Crippen LogP contribution is -2.70. The summed E-state index contributed by atoms with van der Waals surface area (Å²) < 4.78 is 102. The number of aliphatic hydroxyl groups excluding tert-OH is 1. The molecule has 3 aliphatic heterocycles. The highest BCUT2D eigenvalue weighted by Crippen LogP contribution is 2.78. The number of aliphatic hydroxyl groups is 1. The third-order valence-electron chi connectivity index (χ3n) is 35.5. The number of ether oxygens (including phenoxy) is 7. The molecule has 2 N–H and O–H groups in total. The van der Waals surface area contributed by atoms with E-state index in [9.17, 15) is 31.5 Å². The molecule has 120 heavy (non-hydrogen) atoms. The first kappa shape index (κ1) is 92.5. The van der Waals surface area contributed by atoms with Crippen LogP contribution in [0.25, 0.3) is 0 Å². The van der Waals surface area contributed by atoms with Crippen LogP contribution in [0.15, 0.2) is 142 Å². The lowest BCUT2D eigenvalue weighted by atomic mass is 9.34. The summed E-state index contributed by atoms with van der Waals surface area (Å²) in [7, 11) is -3.51. The lowest BCUT2D eigenvalue weighted by molar-refractivity contribution is -0.268. The molecule has 15 rings (SSSR count). The van der Waals surface area contributed by atoms with Gasteiger partial charge in [0, 0.05) is 48.5 Å². The van der Waals surface area contributed by atoms with Gasteiger partial charge in [0.25, 0.3) is 0 Å². The van der Waals surface area contributed by atoms with Crippen molar-refractivity contribution in [1.82, 2.24) is 9.03 Å². The van der Waals surface area contributed by atoms with Gasteiger partial charge in [-0.15, -0.1) is 0 Å². The van der Waals surface area contributed by atoms with Crippen LogP contribution in [-0.4, -0.2) is 128 Å². The van der Waals surface area contributed by atoms with Crippen LogP contribution in [0.4, 0.5) is 0 Å². The molecule has 16 nitrogen and oxygen atoms in total. The van der Waals surface area contributed by atoms with E-state index in [0.717, 1.165) is 99.3 Å². The third-order valence-corrected chi connectivity index (χ3v) is 38.9. The molecule has 664 valence electrons. The molecule has 4 bridgehead atoms. The van der Waals surface area contributed by atoms with Crippen LogP contribution in [0.5, 0.6) is 0 Å². The predicted molar refractivity (Wildman–Crippen MR) is 475 cm³/mol. The molecule has 3 heterocycles. The van der Waals surface area contributed by atoms with Gasteiger partial charge >= 0.3 is 11.9 Å². The summed E-state index contributed by atoms with van der Waals surface area (Å²) >= 11 is 0. The summed E-state index contributed by atoms with van der Waals surface area (Å²) in [5, 5.41) is 11.5. The maximum Gasteiger partial charge on any atom is 0.310 e. The van der Waals surface area contributed by atoms with Crippen LogP contribution >= 0.6 is 0 Å². The highest BCUT2D eigenvalue weighted by Gasteiger charge is 2.75. The quantitative estimate of drug-likeness (QED) is 0.0480. The Labute approximate surface area is 722 Å². The summed E-state index contributed by atoms with van der Waals surface area (Å²) in [5.41, 5.74) is 4.72. The fraction of sp³-hybridized carbons (Fsp3) is 0.706. The number of methoxy groups -OCH3 is 2. The minimum atomic E-state index is -3.78. The average Bonchev–Trinajstić information content (AvgIpc) is 0.850. The van der Waals surface area contributed by atoms with Crippen molar-refractivity contribution in [2.75, 3.05) is 53.8 Å². The molecule has 25 atom stereocenters. The molecular formula is C102H150N2O14S2. The number of hydrogen-bond donors (Lipinski definition) is 2. The van der Waals surface area contributed by atoms with Gasteiger partial charge in [0.1, 0.15) is 13.2 Å². The Kier molecular flexibility index (Phi) is 25.9. The Hall–Kier alpha value is -5.12. The maximum atomic E-state index is 14.8. The number of carbonyl (C=O) groups is 2. The molecule has 0 spiro atoms. The smallest absolute Gasteiger partial charge is 0.310 e. The van der Waals surface area contributed by atoms with Gasteiger partial charge in [-0.3, -0.25) is 9.59 Å². The summed E-state index contributed by atoms with van der Waals surface area (Å²) in [5.74, 6) is 2.50. The lowest BCUT2D eigenvalue weighted by Gasteiger charge is -2.71. The fourth-order valence-electron chi connectivity index (χ4n) is 27.0. The van der Waals surface area contributed by atoms with Crippen LogP contribution < -0.4 is 4.72 Å². The second kappa shape index (κ2) is 33.6. The van der Waals surface area contributed by atoms with Gasteiger partial charge in [-0.2, -0.15) is 4.31 Å². The van der Waals surface area contributed by atoms with Crippen molar-refractivity contribution in [2.45, 2.75) is 289 Å². The van der Waals surface area contributed by atoms with E-state index in [0.29, 0.717) is 91.8 Å². The van der Waals surface area contributed by atoms with E-state index in [2.05, 4.69) is 155 Å². The van der Waals surface area contributed by atoms with Crippen molar-refractivity contribution >= 4 is 32.0 Å². The van der Waals surface area contributed by atoms with Gasteiger partial charge in [0.15, 0.2) is 0 Å². The van der Waals surface area contributed by atoms with E-state index in [1.807, 2.05) is 98.8 Å². The Morgan fingerprint density at radius 2 is 0.958 bits per heavy atom. The first-order valence-electron chi connectivity index (χ1n) is 45.6. The number of nitrogens with zero attached hydrogens (tertiary/aromatic N) is 1. The topological polar surface area (TPSA) is 202 Å². The van der Waals surface area contributed by atoms with E-state index in [4.69, 9.17) is 33.2 Å². The SMILES string of the molecule is CO[C@@H]1C[C@@]23COC[C@](C)([C@@H]2CC[C@H]2C3=CC[C@@]3(C)[C@H](C(=O)OCc4ccccc4)[C@@](C)([C@H](C)C(C)C)CC[C@]23C)[C@H]1O.CO[C@@H]1C[C@@]23COC[C@](C)([C@@H]2CC[C@H]2C3=CC[C@@]3(C)[C@H](C(=O)OCc4ccccc4)[C@@](C)([C@H](C)C(C)C)CC[C@]23C)[C@H]1OC[C@@H](NS(=O)(=O)c1ccc(C)cc1)C(C)(C)C.Cc1ccc(S(=O)(=O)N2C[C@@H]2C(C)(C)C)cc1. The molecular weight excluding hydrogens is 1540 g/mol. The molecule has 0 amide bonds. The average molecular weight is 1690 g/mol. The molecule has 8 aliphatic carbocycles. The van der Waals surface area contributed by atoms with Crippen molar-refractivity contribution in [2.24, 2.45) is 124 Å². The van der Waals surface area contributed by atoms with Gasteiger partial charge in [0.2, 0.25) is 20.0 Å². The Balaban J connectivity index is 0.000000179. The number of hydrogen-bond acceptors (Lipinski definition) is 14. The molecule has 0 aromatic heterocycles. The number of aryl methyl sites for hydroxylation is 2. The van der Waals surface area contributed by atoms with Crippen LogP contribution in [0.3, 0.4) is 0 Å².